The number of rotatable bonds is 10. The lowest BCUT2D eigenvalue weighted by atomic mass is 9.81. The summed E-state index contributed by atoms with van der Waals surface area (Å²) in [7, 11) is 0. The molecule has 1 aromatic heterocycles. The molecule has 16 rings (SSSR count). The Morgan fingerprint density at radius 3 is 1.21 bits per heavy atom. The van der Waals surface area contributed by atoms with Gasteiger partial charge in [-0.15, -0.1) is 0 Å². The van der Waals surface area contributed by atoms with Crippen LogP contribution in [-0.4, -0.2) is 4.57 Å². The molecule has 0 N–H and O–H groups in total. The van der Waals surface area contributed by atoms with Gasteiger partial charge in [0.25, 0.3) is 0 Å². The van der Waals surface area contributed by atoms with Crippen LogP contribution in [0.5, 0.6) is 0 Å². The van der Waals surface area contributed by atoms with Crippen molar-refractivity contribution >= 4 is 88.2 Å². The van der Waals surface area contributed by atoms with Gasteiger partial charge in [-0.25, -0.2) is 0 Å². The van der Waals surface area contributed by atoms with E-state index in [0.29, 0.717) is 0 Å². The van der Waals surface area contributed by atoms with Crippen molar-refractivity contribution in [1.82, 2.24) is 4.57 Å². The van der Waals surface area contributed by atoms with Gasteiger partial charge in [-0.3, -0.25) is 0 Å². The van der Waals surface area contributed by atoms with Crippen LogP contribution in [-0.2, 0) is 5.41 Å². The molecule has 396 valence electrons. The van der Waals surface area contributed by atoms with Crippen LogP contribution in [0.25, 0.3) is 104 Å². The van der Waals surface area contributed by atoms with E-state index in [4.69, 9.17) is 0 Å². The van der Waals surface area contributed by atoms with E-state index < -0.39 is 0 Å². The van der Waals surface area contributed by atoms with Gasteiger partial charge in [0.1, 0.15) is 0 Å². The fourth-order valence-electron chi connectivity index (χ4n) is 13.6. The highest BCUT2D eigenvalue weighted by Gasteiger charge is 2.37. The molecule has 0 unspecified atom stereocenters. The molecule has 0 saturated heterocycles. The highest BCUT2D eigenvalue weighted by atomic mass is 15.1. The van der Waals surface area contributed by atoms with Crippen LogP contribution in [0.4, 0.5) is 34.1 Å². The largest absolute Gasteiger partial charge is 0.310 e. The quantitative estimate of drug-likeness (QED) is 0.126. The topological polar surface area (TPSA) is 11.4 Å². The molecule has 15 aromatic rings. The Labute approximate surface area is 489 Å². The Hall–Kier alpha value is -10.7. The number of para-hydroxylation sites is 2. The monoisotopic (exact) mass is 1070 g/mol. The molecular weight excluding hydrogens is 1010 g/mol. The minimum Gasteiger partial charge on any atom is -0.310 e. The lowest BCUT2D eigenvalue weighted by Gasteiger charge is -2.29. The van der Waals surface area contributed by atoms with Crippen LogP contribution in [0.2, 0.25) is 0 Å². The molecular formula is C81H57N3. The second-order valence-electron chi connectivity index (χ2n) is 22.9. The summed E-state index contributed by atoms with van der Waals surface area (Å²) in [5.41, 5.74) is 22.1. The molecule has 1 aliphatic carbocycles. The van der Waals surface area contributed by atoms with E-state index in [1.54, 1.807) is 0 Å². The number of nitrogens with zero attached hydrogens (tertiary/aromatic N) is 3. The molecule has 0 fully saturated rings. The lowest BCUT2D eigenvalue weighted by molar-refractivity contribution is 0.661. The van der Waals surface area contributed by atoms with Gasteiger partial charge in [0.05, 0.1) is 11.0 Å². The van der Waals surface area contributed by atoms with E-state index in [2.05, 4.69) is 338 Å². The SMILES string of the molecule is CC1(C)c2cc(N(c3ccc(-c4ccc(N(c5ccc(-c6ccccc6)cc5)c5ccc6c7ccccc7n(-c7ccccc7)c6c5)cc4)cc3)c3cccc(-c4ccccc4)c3)ccc2-c2cc3c4ccccc4c4ccccc4c3cc21. The summed E-state index contributed by atoms with van der Waals surface area (Å²) < 4.78 is 2.40. The molecule has 3 heteroatoms. The molecule has 0 saturated carbocycles. The maximum atomic E-state index is 2.50. The Bertz CT molecular complexity index is 5000. The van der Waals surface area contributed by atoms with Crippen molar-refractivity contribution in [3.63, 3.8) is 0 Å². The van der Waals surface area contributed by atoms with E-state index in [-0.39, 0.29) is 5.41 Å². The van der Waals surface area contributed by atoms with Crippen molar-refractivity contribution in [3.8, 4) is 50.2 Å². The van der Waals surface area contributed by atoms with Gasteiger partial charge in [-0.2, -0.15) is 0 Å². The second-order valence-corrected chi connectivity index (χ2v) is 22.9. The highest BCUT2D eigenvalue weighted by molar-refractivity contribution is 6.26. The Balaban J connectivity index is 0.783. The van der Waals surface area contributed by atoms with E-state index in [1.807, 2.05) is 0 Å². The molecule has 84 heavy (non-hydrogen) atoms. The summed E-state index contributed by atoms with van der Waals surface area (Å²) in [6, 6.07) is 114. The first-order valence-electron chi connectivity index (χ1n) is 29.1. The number of anilines is 6. The van der Waals surface area contributed by atoms with Gasteiger partial charge < -0.3 is 14.4 Å². The average molecular weight is 1070 g/mol. The van der Waals surface area contributed by atoms with Crippen molar-refractivity contribution in [2.75, 3.05) is 9.80 Å². The molecule has 0 atom stereocenters. The number of hydrogen-bond acceptors (Lipinski definition) is 2. The highest BCUT2D eigenvalue weighted by Crippen LogP contribution is 2.53. The number of fused-ring (bicyclic) bond motifs is 12. The van der Waals surface area contributed by atoms with Gasteiger partial charge in [-0.05, 0) is 191 Å². The van der Waals surface area contributed by atoms with Crippen LogP contribution in [0.15, 0.2) is 309 Å². The zero-order chi connectivity index (χ0) is 55.9. The first kappa shape index (κ1) is 49.1. The molecule has 14 aromatic carbocycles. The van der Waals surface area contributed by atoms with E-state index in [9.17, 15) is 0 Å². The molecule has 0 bridgehead atoms. The first-order valence-corrected chi connectivity index (χ1v) is 29.1. The van der Waals surface area contributed by atoms with Gasteiger partial charge in [-0.1, -0.05) is 220 Å². The normalized spacial score (nSPS) is 12.5. The van der Waals surface area contributed by atoms with Gasteiger partial charge in [0.15, 0.2) is 0 Å². The van der Waals surface area contributed by atoms with Crippen LogP contribution in [0.3, 0.4) is 0 Å². The number of aromatic nitrogens is 1. The third kappa shape index (κ3) is 8.11. The minimum absolute atomic E-state index is 0.245. The maximum absolute atomic E-state index is 2.50. The third-order valence-electron chi connectivity index (χ3n) is 17.7. The van der Waals surface area contributed by atoms with Gasteiger partial charge in [0.2, 0.25) is 0 Å². The lowest BCUT2D eigenvalue weighted by Crippen LogP contribution is -2.16. The molecule has 0 radical (unpaired) electrons. The summed E-state index contributed by atoms with van der Waals surface area (Å²) >= 11 is 0. The summed E-state index contributed by atoms with van der Waals surface area (Å²) in [5.74, 6) is 0. The van der Waals surface area contributed by atoms with Crippen molar-refractivity contribution in [2.45, 2.75) is 19.3 Å². The average Bonchev–Trinajstić information content (AvgIpc) is 1.67. The first-order chi connectivity index (χ1) is 41.4. The Morgan fingerprint density at radius 1 is 0.238 bits per heavy atom. The zero-order valence-corrected chi connectivity index (χ0v) is 46.8. The zero-order valence-electron chi connectivity index (χ0n) is 46.8. The molecule has 1 aliphatic rings. The third-order valence-corrected chi connectivity index (χ3v) is 17.7. The second kappa shape index (κ2) is 19.8. The van der Waals surface area contributed by atoms with Crippen LogP contribution in [0.1, 0.15) is 25.0 Å². The molecule has 0 aliphatic heterocycles. The predicted octanol–water partition coefficient (Wildman–Crippen LogP) is 22.5. The standard InChI is InChI=1S/C81H57N3/c1-81(2)77-50-65(45-47-71(77)76-52-74-69-29-14-12-27-67(69)68-28-13-15-30-70(68)75(74)53-78(76)81)83(64-26-18-23-59(49-64)55-21-8-4-9-22-55)63-43-37-58(38-44-63)57-35-41-62(42-36-57)82(61-39-33-56(34-40-61)54-19-6-3-7-20-54)66-46-48-73-72-31-16-17-32-79(72)84(80(73)51-66)60-24-10-5-11-25-60/h3-53H,1-2H3. The predicted molar refractivity (Wildman–Crippen MR) is 357 cm³/mol. The summed E-state index contributed by atoms with van der Waals surface area (Å²) in [6.45, 7) is 4.81. The van der Waals surface area contributed by atoms with Crippen molar-refractivity contribution < 1.29 is 0 Å². The summed E-state index contributed by atoms with van der Waals surface area (Å²) in [4.78, 5) is 4.82. The molecule has 0 spiro atoms. The van der Waals surface area contributed by atoms with Crippen LogP contribution < -0.4 is 9.80 Å². The summed E-state index contributed by atoms with van der Waals surface area (Å²) in [6.07, 6.45) is 0. The number of hydrogen-bond donors (Lipinski definition) is 0. The van der Waals surface area contributed by atoms with Crippen LogP contribution in [0, 0.1) is 0 Å². The fourth-order valence-corrected chi connectivity index (χ4v) is 13.6. The van der Waals surface area contributed by atoms with Gasteiger partial charge in [0, 0.05) is 56.0 Å². The molecule has 0 amide bonds. The van der Waals surface area contributed by atoms with Gasteiger partial charge >= 0.3 is 0 Å². The molecule has 3 nitrogen and oxygen atoms in total. The maximum Gasteiger partial charge on any atom is 0.0561 e. The van der Waals surface area contributed by atoms with Crippen LogP contribution >= 0.6 is 0 Å². The Morgan fingerprint density at radius 2 is 0.631 bits per heavy atom. The smallest absolute Gasteiger partial charge is 0.0561 e. The van der Waals surface area contributed by atoms with E-state index in [1.165, 1.54) is 93.1 Å². The number of benzene rings is 14. The van der Waals surface area contributed by atoms with E-state index >= 15 is 0 Å². The van der Waals surface area contributed by atoms with Crippen molar-refractivity contribution in [3.05, 3.63) is 321 Å². The van der Waals surface area contributed by atoms with Crippen molar-refractivity contribution in [1.29, 1.82) is 0 Å². The van der Waals surface area contributed by atoms with E-state index in [0.717, 1.165) is 56.5 Å². The minimum atomic E-state index is -0.245. The fraction of sp³-hybridized carbons (Fsp3) is 0.0370. The Kier molecular flexibility index (Phi) is 11.6. The van der Waals surface area contributed by atoms with Crippen molar-refractivity contribution in [2.24, 2.45) is 0 Å². The summed E-state index contributed by atoms with van der Waals surface area (Å²) in [5, 5.41) is 10.3. The molecule has 1 heterocycles.